The van der Waals surface area contributed by atoms with E-state index in [1.165, 1.54) is 6.92 Å². The molecular weight excluding hydrogens is 701 g/mol. The number of aromatic nitrogens is 2. The van der Waals surface area contributed by atoms with Gasteiger partial charge >= 0.3 is 0 Å². The fourth-order valence-electron chi connectivity index (χ4n) is 8.32. The highest BCUT2D eigenvalue weighted by atomic mass is 16.2. The lowest BCUT2D eigenvalue weighted by Gasteiger charge is -2.30. The van der Waals surface area contributed by atoms with E-state index < -0.39 is 6.04 Å². The zero-order valence-corrected chi connectivity index (χ0v) is 34.1. The van der Waals surface area contributed by atoms with Gasteiger partial charge in [-0.05, 0) is 84.4 Å². The third-order valence-corrected chi connectivity index (χ3v) is 11.4. The third kappa shape index (κ3) is 9.21. The molecule has 294 valence electrons. The minimum atomic E-state index is -0.575. The number of likely N-dealkylation sites (tertiary alicyclic amines) is 2. The van der Waals surface area contributed by atoms with Crippen LogP contribution >= 0.6 is 0 Å². The molecule has 2 aromatic carbocycles. The Kier molecular flexibility index (Phi) is 12.4. The lowest BCUT2D eigenvalue weighted by atomic mass is 9.89. The Bertz CT molecular complexity index is 2070. The van der Waals surface area contributed by atoms with Crippen LogP contribution in [-0.2, 0) is 19.2 Å². The maximum atomic E-state index is 13.7. The average molecular weight is 757 g/mol. The van der Waals surface area contributed by atoms with Crippen LogP contribution in [0.25, 0.3) is 16.8 Å². The summed E-state index contributed by atoms with van der Waals surface area (Å²) in [5.74, 6) is 7.62. The Balaban J connectivity index is 1.07. The summed E-state index contributed by atoms with van der Waals surface area (Å²) in [4.78, 5) is 67.9. The number of benzene rings is 2. The Morgan fingerprint density at radius 3 is 1.93 bits per heavy atom. The lowest BCUT2D eigenvalue weighted by Crippen LogP contribution is -2.50. The van der Waals surface area contributed by atoms with E-state index in [0.717, 1.165) is 57.9 Å². The normalized spacial score (nSPS) is 21.8. The zero-order chi connectivity index (χ0) is 40.3. The smallest absolute Gasteiger partial charge is 0.246 e. The SMILES string of the molecule is CC(=O)C[C@H](C(=O)N1C[C@H](C)C[C@H]1C1=NC=C(c2ccc(C#Cc3ccc(-c4cnc([C@@H]5C[C@@H](C)CN5C(=O)[C@@H](NC(C)=O)C(C)C)[nH]4)cc3)cc2)C1)C(C)C. The number of carbonyl (C=O) groups excluding carboxylic acids is 4. The van der Waals surface area contributed by atoms with E-state index in [4.69, 9.17) is 9.98 Å². The summed E-state index contributed by atoms with van der Waals surface area (Å²) in [5, 5.41) is 2.84. The highest BCUT2D eigenvalue weighted by Gasteiger charge is 2.41. The van der Waals surface area contributed by atoms with Crippen molar-refractivity contribution in [3.05, 3.63) is 83.4 Å². The number of Topliss-reactive ketones (excluding diaryl/α,β-unsaturated/α-hetero) is 1. The molecule has 0 unspecified atom stereocenters. The van der Waals surface area contributed by atoms with Crippen LogP contribution in [0, 0.1) is 41.4 Å². The van der Waals surface area contributed by atoms with Crippen molar-refractivity contribution in [1.82, 2.24) is 25.1 Å². The number of aliphatic imine (C=N–C) groups is 1. The van der Waals surface area contributed by atoms with E-state index in [0.29, 0.717) is 31.3 Å². The van der Waals surface area contributed by atoms with Gasteiger partial charge in [0, 0.05) is 61.8 Å². The highest BCUT2D eigenvalue weighted by molar-refractivity contribution is 6.03. The minimum absolute atomic E-state index is 0.0310. The van der Waals surface area contributed by atoms with Crippen molar-refractivity contribution in [2.45, 2.75) is 99.2 Å². The summed E-state index contributed by atoms with van der Waals surface area (Å²) < 4.78 is 0. The van der Waals surface area contributed by atoms with Gasteiger partial charge in [0.15, 0.2) is 0 Å². The first-order valence-electron chi connectivity index (χ1n) is 20.1. The van der Waals surface area contributed by atoms with Gasteiger partial charge in [-0.2, -0.15) is 0 Å². The van der Waals surface area contributed by atoms with Crippen LogP contribution in [0.5, 0.6) is 0 Å². The molecule has 2 saturated heterocycles. The first kappa shape index (κ1) is 40.4. The fourth-order valence-corrected chi connectivity index (χ4v) is 8.32. The van der Waals surface area contributed by atoms with Gasteiger partial charge in [0.05, 0.1) is 24.0 Å². The number of hydrogen-bond acceptors (Lipinski definition) is 6. The van der Waals surface area contributed by atoms with Gasteiger partial charge in [-0.15, -0.1) is 0 Å². The van der Waals surface area contributed by atoms with Crippen molar-refractivity contribution in [1.29, 1.82) is 0 Å². The van der Waals surface area contributed by atoms with E-state index in [1.807, 2.05) is 86.3 Å². The maximum Gasteiger partial charge on any atom is 0.246 e. The van der Waals surface area contributed by atoms with Crippen LogP contribution in [0.3, 0.4) is 0 Å². The highest BCUT2D eigenvalue weighted by Crippen LogP contribution is 2.36. The largest absolute Gasteiger partial charge is 0.344 e. The van der Waals surface area contributed by atoms with Crippen molar-refractivity contribution < 1.29 is 19.2 Å². The van der Waals surface area contributed by atoms with Gasteiger partial charge in [-0.1, -0.05) is 77.6 Å². The maximum absolute atomic E-state index is 13.7. The van der Waals surface area contributed by atoms with Crippen LogP contribution in [-0.4, -0.2) is 74.2 Å². The quantitative estimate of drug-likeness (QED) is 0.200. The van der Waals surface area contributed by atoms with Crippen LogP contribution in [0.1, 0.15) is 110 Å². The van der Waals surface area contributed by atoms with Gasteiger partial charge in [-0.25, -0.2) is 4.98 Å². The Labute approximate surface area is 331 Å². The van der Waals surface area contributed by atoms with Gasteiger partial charge in [-0.3, -0.25) is 19.4 Å². The third-order valence-electron chi connectivity index (χ3n) is 11.4. The summed E-state index contributed by atoms with van der Waals surface area (Å²) in [6.45, 7) is 16.6. The molecule has 3 aromatic rings. The number of ketones is 1. The number of allylic oxidation sites excluding steroid dienone is 1. The van der Waals surface area contributed by atoms with E-state index in [-0.39, 0.29) is 59.8 Å². The second kappa shape index (κ2) is 17.2. The molecule has 4 heterocycles. The Hall–Kier alpha value is -5.30. The van der Waals surface area contributed by atoms with E-state index >= 15 is 0 Å². The summed E-state index contributed by atoms with van der Waals surface area (Å²) >= 11 is 0. The first-order valence-corrected chi connectivity index (χ1v) is 20.1. The molecule has 3 aliphatic heterocycles. The zero-order valence-electron chi connectivity index (χ0n) is 34.1. The van der Waals surface area contributed by atoms with Gasteiger partial charge in [0.1, 0.15) is 17.6 Å². The number of nitrogens with one attached hydrogen (secondary N) is 2. The number of aromatic amines is 1. The molecule has 6 rings (SSSR count). The van der Waals surface area contributed by atoms with E-state index in [2.05, 4.69) is 48.1 Å². The van der Waals surface area contributed by atoms with Crippen LogP contribution < -0.4 is 5.32 Å². The van der Waals surface area contributed by atoms with E-state index in [1.54, 1.807) is 6.92 Å². The van der Waals surface area contributed by atoms with Crippen LogP contribution in [0.15, 0.2) is 65.9 Å². The molecule has 0 bridgehead atoms. The van der Waals surface area contributed by atoms with Crippen molar-refractivity contribution in [3.8, 4) is 23.1 Å². The molecule has 0 radical (unpaired) electrons. The molecule has 0 spiro atoms. The molecule has 3 amide bonds. The number of hydrogen-bond donors (Lipinski definition) is 2. The van der Waals surface area contributed by atoms with E-state index in [9.17, 15) is 19.2 Å². The molecule has 0 aliphatic carbocycles. The van der Waals surface area contributed by atoms with Crippen molar-refractivity contribution in [2.24, 2.45) is 34.6 Å². The number of H-pyrrole nitrogens is 1. The summed E-state index contributed by atoms with van der Waals surface area (Å²) in [5.41, 5.74) is 6.87. The molecule has 2 N–H and O–H groups in total. The predicted octanol–water partition coefficient (Wildman–Crippen LogP) is 7.22. The lowest BCUT2D eigenvalue weighted by molar-refractivity contribution is -0.139. The average Bonchev–Trinajstić information content (AvgIpc) is 3.98. The molecule has 10 heteroatoms. The second-order valence-corrected chi connectivity index (χ2v) is 16.9. The first-order chi connectivity index (χ1) is 26.7. The summed E-state index contributed by atoms with van der Waals surface area (Å²) in [7, 11) is 0. The molecular formula is C46H56N6O4. The molecule has 1 aromatic heterocycles. The molecule has 0 saturated carbocycles. The summed E-state index contributed by atoms with van der Waals surface area (Å²) in [6.07, 6.45) is 6.41. The van der Waals surface area contributed by atoms with Crippen molar-refractivity contribution in [3.63, 3.8) is 0 Å². The Morgan fingerprint density at radius 1 is 0.804 bits per heavy atom. The van der Waals surface area contributed by atoms with Crippen molar-refractivity contribution in [2.75, 3.05) is 13.1 Å². The van der Waals surface area contributed by atoms with Crippen LogP contribution in [0.2, 0.25) is 0 Å². The molecule has 2 fully saturated rings. The number of rotatable bonds is 11. The Morgan fingerprint density at radius 2 is 1.38 bits per heavy atom. The standard InChI is InChI=1S/C46H56N6O4/c1-27(2)38(21-31(7)53)45(55)51-25-29(5)19-41(51)39-22-37(23-47-39)35-15-11-33(12-16-35)9-10-34-13-17-36(18-14-34)40-24-48-44(50-40)42-20-30(6)26-52(42)46(56)43(28(3)4)49-32(8)54/h11-18,23-24,27-30,38,41-43H,19-22,25-26H2,1-8H3,(H,48,50)(H,49,54)/t29-,30-,38+,41+,42+,43+/m1/s1. The number of carbonyl (C=O) groups is 4. The second-order valence-electron chi connectivity index (χ2n) is 16.9. The fraction of sp³-hybridized carbons (Fsp3) is 0.478. The van der Waals surface area contributed by atoms with Gasteiger partial charge < -0.3 is 24.9 Å². The van der Waals surface area contributed by atoms with Gasteiger partial charge in [0.2, 0.25) is 17.7 Å². The number of imidazole rings is 1. The minimum Gasteiger partial charge on any atom is -0.344 e. The molecule has 56 heavy (non-hydrogen) atoms. The molecule has 10 nitrogen and oxygen atoms in total. The topological polar surface area (TPSA) is 128 Å². The molecule has 3 aliphatic rings. The number of nitrogens with zero attached hydrogens (tertiary/aromatic N) is 4. The van der Waals surface area contributed by atoms with Gasteiger partial charge in [0.25, 0.3) is 0 Å². The van der Waals surface area contributed by atoms with Crippen LogP contribution in [0.4, 0.5) is 0 Å². The summed E-state index contributed by atoms with van der Waals surface area (Å²) in [6, 6.07) is 15.5. The van der Waals surface area contributed by atoms with Crippen molar-refractivity contribution >= 4 is 34.8 Å². The number of amides is 3. The monoisotopic (exact) mass is 756 g/mol. The molecule has 6 atom stereocenters. The predicted molar refractivity (Wildman–Crippen MR) is 220 cm³/mol.